The Morgan fingerprint density at radius 1 is 1.18 bits per heavy atom. The number of carbonyl (C=O) groups excluding carboxylic acids is 3. The van der Waals surface area contributed by atoms with Crippen LogP contribution >= 0.6 is 0 Å². The quantitative estimate of drug-likeness (QED) is 0.727. The highest BCUT2D eigenvalue weighted by atomic mass is 16.6. The average molecular weight is 389 g/mol. The summed E-state index contributed by atoms with van der Waals surface area (Å²) in [4.78, 5) is 40.1. The molecule has 0 radical (unpaired) electrons. The van der Waals surface area contributed by atoms with Crippen LogP contribution in [0.2, 0.25) is 0 Å². The highest BCUT2D eigenvalue weighted by Crippen LogP contribution is 2.13. The zero-order chi connectivity index (χ0) is 20.5. The normalized spacial score (nSPS) is 14.6. The number of nitrogens with one attached hydrogen (secondary N) is 1. The van der Waals surface area contributed by atoms with Crippen molar-refractivity contribution in [3.8, 4) is 0 Å². The van der Waals surface area contributed by atoms with Gasteiger partial charge in [-0.05, 0) is 39.2 Å². The Labute approximate surface area is 167 Å². The van der Waals surface area contributed by atoms with Crippen molar-refractivity contribution >= 4 is 17.9 Å². The van der Waals surface area contributed by atoms with Gasteiger partial charge in [-0.15, -0.1) is 0 Å². The molecule has 0 saturated carbocycles. The van der Waals surface area contributed by atoms with Gasteiger partial charge in [0, 0.05) is 31.7 Å². The zero-order valence-electron chi connectivity index (χ0n) is 17.0. The van der Waals surface area contributed by atoms with Gasteiger partial charge in [-0.2, -0.15) is 0 Å². The second kappa shape index (κ2) is 10.7. The van der Waals surface area contributed by atoms with E-state index in [1.807, 2.05) is 44.2 Å². The maximum absolute atomic E-state index is 12.7. The summed E-state index contributed by atoms with van der Waals surface area (Å²) in [6.45, 7) is 7.61. The van der Waals surface area contributed by atoms with E-state index in [2.05, 4.69) is 5.32 Å². The minimum absolute atomic E-state index is 0.00771. The third-order valence-electron chi connectivity index (χ3n) is 4.84. The van der Waals surface area contributed by atoms with E-state index in [4.69, 9.17) is 4.74 Å². The summed E-state index contributed by atoms with van der Waals surface area (Å²) in [5, 5.41) is 2.93. The molecule has 7 nitrogen and oxygen atoms in total. The molecule has 0 unspecified atom stereocenters. The predicted molar refractivity (Wildman–Crippen MR) is 107 cm³/mol. The summed E-state index contributed by atoms with van der Waals surface area (Å²) in [6, 6.07) is 9.74. The van der Waals surface area contributed by atoms with Gasteiger partial charge < -0.3 is 19.9 Å². The molecule has 7 heteroatoms. The van der Waals surface area contributed by atoms with Crippen molar-refractivity contribution in [1.82, 2.24) is 15.1 Å². The molecule has 1 aromatic rings. The standard InChI is InChI=1S/C21H31N3O4/c1-4-28-21(27)23-12-10-18(11-13-23)22-19(25)14-20(26)24(16(2)3)15-17-8-6-5-7-9-17/h5-9,16,18H,4,10-15H2,1-3H3,(H,22,25). The zero-order valence-corrected chi connectivity index (χ0v) is 17.0. The van der Waals surface area contributed by atoms with E-state index in [0.29, 0.717) is 39.1 Å². The van der Waals surface area contributed by atoms with Crippen LogP contribution in [0.4, 0.5) is 4.79 Å². The first-order chi connectivity index (χ1) is 13.4. The van der Waals surface area contributed by atoms with E-state index in [0.717, 1.165) is 5.56 Å². The summed E-state index contributed by atoms with van der Waals surface area (Å²) in [5.41, 5.74) is 1.04. The summed E-state index contributed by atoms with van der Waals surface area (Å²) in [5.74, 6) is -0.446. The first-order valence-corrected chi connectivity index (χ1v) is 9.95. The highest BCUT2D eigenvalue weighted by Gasteiger charge is 2.26. The number of hydrogen-bond acceptors (Lipinski definition) is 4. The van der Waals surface area contributed by atoms with Crippen LogP contribution in [-0.2, 0) is 20.9 Å². The molecule has 0 bridgehead atoms. The number of hydrogen-bond donors (Lipinski definition) is 1. The van der Waals surface area contributed by atoms with Gasteiger partial charge in [-0.3, -0.25) is 9.59 Å². The van der Waals surface area contributed by atoms with Crippen LogP contribution in [0.15, 0.2) is 30.3 Å². The molecule has 1 aliphatic rings. The molecule has 2 rings (SSSR count). The first kappa shape index (κ1) is 21.7. The monoisotopic (exact) mass is 389 g/mol. The minimum atomic E-state index is -0.309. The Morgan fingerprint density at radius 2 is 1.82 bits per heavy atom. The summed E-state index contributed by atoms with van der Waals surface area (Å²) in [6.07, 6.45) is 0.854. The lowest BCUT2D eigenvalue weighted by molar-refractivity contribution is -0.138. The molecule has 28 heavy (non-hydrogen) atoms. The topological polar surface area (TPSA) is 79.0 Å². The fourth-order valence-corrected chi connectivity index (χ4v) is 3.28. The molecule has 1 aromatic carbocycles. The lowest BCUT2D eigenvalue weighted by Gasteiger charge is -2.32. The molecule has 0 spiro atoms. The molecule has 1 fully saturated rings. The first-order valence-electron chi connectivity index (χ1n) is 9.95. The van der Waals surface area contributed by atoms with E-state index < -0.39 is 0 Å². The number of carbonyl (C=O) groups is 3. The maximum Gasteiger partial charge on any atom is 0.409 e. The van der Waals surface area contributed by atoms with Crippen LogP contribution in [-0.4, -0.2) is 59.5 Å². The number of likely N-dealkylation sites (tertiary alicyclic amines) is 1. The second-order valence-electron chi connectivity index (χ2n) is 7.31. The van der Waals surface area contributed by atoms with Gasteiger partial charge in [0.05, 0.1) is 6.61 Å². The molecule has 1 aliphatic heterocycles. The fourth-order valence-electron chi connectivity index (χ4n) is 3.28. The van der Waals surface area contributed by atoms with Gasteiger partial charge >= 0.3 is 6.09 Å². The van der Waals surface area contributed by atoms with Crippen molar-refractivity contribution in [2.75, 3.05) is 19.7 Å². The number of benzene rings is 1. The van der Waals surface area contributed by atoms with Crippen molar-refractivity contribution in [3.05, 3.63) is 35.9 Å². The van der Waals surface area contributed by atoms with E-state index in [1.54, 1.807) is 16.7 Å². The Kier molecular flexibility index (Phi) is 8.29. The van der Waals surface area contributed by atoms with Crippen molar-refractivity contribution in [3.63, 3.8) is 0 Å². The predicted octanol–water partition coefficient (Wildman–Crippen LogP) is 2.55. The van der Waals surface area contributed by atoms with Gasteiger partial charge in [0.15, 0.2) is 0 Å². The van der Waals surface area contributed by atoms with Gasteiger partial charge in [0.1, 0.15) is 6.42 Å². The average Bonchev–Trinajstić information content (AvgIpc) is 2.67. The van der Waals surface area contributed by atoms with Crippen LogP contribution in [0.25, 0.3) is 0 Å². The largest absolute Gasteiger partial charge is 0.450 e. The van der Waals surface area contributed by atoms with Crippen LogP contribution in [0.5, 0.6) is 0 Å². The number of rotatable bonds is 7. The Hall–Kier alpha value is -2.57. The second-order valence-corrected chi connectivity index (χ2v) is 7.31. The maximum atomic E-state index is 12.7. The Morgan fingerprint density at radius 3 is 2.39 bits per heavy atom. The molecule has 1 saturated heterocycles. The van der Waals surface area contributed by atoms with Gasteiger partial charge in [-0.1, -0.05) is 30.3 Å². The molecule has 154 valence electrons. The van der Waals surface area contributed by atoms with Crippen LogP contribution in [0.3, 0.4) is 0 Å². The van der Waals surface area contributed by atoms with E-state index >= 15 is 0 Å². The Balaban J connectivity index is 1.81. The van der Waals surface area contributed by atoms with Gasteiger partial charge in [0.2, 0.25) is 11.8 Å². The van der Waals surface area contributed by atoms with Crippen molar-refractivity contribution in [2.24, 2.45) is 0 Å². The minimum Gasteiger partial charge on any atom is -0.450 e. The SMILES string of the molecule is CCOC(=O)N1CCC(NC(=O)CC(=O)N(Cc2ccccc2)C(C)C)CC1. The van der Waals surface area contributed by atoms with E-state index in [1.165, 1.54) is 0 Å². The third kappa shape index (κ3) is 6.55. The summed E-state index contributed by atoms with van der Waals surface area (Å²) >= 11 is 0. The molecule has 0 aliphatic carbocycles. The molecular formula is C21H31N3O4. The van der Waals surface area contributed by atoms with Gasteiger partial charge in [-0.25, -0.2) is 4.79 Å². The lowest BCUT2D eigenvalue weighted by atomic mass is 10.1. The molecular weight excluding hydrogens is 358 g/mol. The third-order valence-corrected chi connectivity index (χ3v) is 4.84. The van der Waals surface area contributed by atoms with Crippen molar-refractivity contribution < 1.29 is 19.1 Å². The van der Waals surface area contributed by atoms with Gasteiger partial charge in [0.25, 0.3) is 0 Å². The van der Waals surface area contributed by atoms with Crippen molar-refractivity contribution in [2.45, 2.75) is 58.7 Å². The van der Waals surface area contributed by atoms with E-state index in [-0.39, 0.29) is 36.4 Å². The molecule has 0 atom stereocenters. The van der Waals surface area contributed by atoms with Crippen LogP contribution in [0, 0.1) is 0 Å². The fraction of sp³-hybridized carbons (Fsp3) is 0.571. The summed E-state index contributed by atoms with van der Waals surface area (Å²) in [7, 11) is 0. The lowest BCUT2D eigenvalue weighted by Crippen LogP contribution is -2.47. The summed E-state index contributed by atoms with van der Waals surface area (Å²) < 4.78 is 5.00. The van der Waals surface area contributed by atoms with Crippen LogP contribution < -0.4 is 5.32 Å². The number of amides is 3. The molecule has 1 N–H and O–H groups in total. The number of nitrogens with zero attached hydrogens (tertiary/aromatic N) is 2. The molecule has 1 heterocycles. The van der Waals surface area contributed by atoms with Crippen LogP contribution in [0.1, 0.15) is 45.6 Å². The molecule has 0 aromatic heterocycles. The Bertz CT molecular complexity index is 655. The number of piperidine rings is 1. The molecule has 3 amide bonds. The number of ether oxygens (including phenoxy) is 1. The van der Waals surface area contributed by atoms with Crippen molar-refractivity contribution in [1.29, 1.82) is 0 Å². The van der Waals surface area contributed by atoms with E-state index in [9.17, 15) is 14.4 Å². The smallest absolute Gasteiger partial charge is 0.409 e. The highest BCUT2D eigenvalue weighted by molar-refractivity contribution is 5.97.